The predicted molar refractivity (Wildman–Crippen MR) is 58.2 cm³/mol. The lowest BCUT2D eigenvalue weighted by Crippen LogP contribution is -2.58. The van der Waals surface area contributed by atoms with Crippen molar-refractivity contribution in [1.29, 1.82) is 0 Å². The Labute approximate surface area is 91.9 Å². The highest BCUT2D eigenvalue weighted by Gasteiger charge is 2.44. The normalized spacial score (nSPS) is 41.4. The first-order chi connectivity index (χ1) is 7.13. The Hall–Kier alpha value is -0.420. The molecule has 1 saturated heterocycles. The van der Waals surface area contributed by atoms with Gasteiger partial charge in [0.15, 0.2) is 0 Å². The van der Waals surface area contributed by atoms with Gasteiger partial charge in [0, 0.05) is 22.6 Å². The molecular formula is C10H17NO3S. The van der Waals surface area contributed by atoms with E-state index in [-0.39, 0.29) is 17.0 Å². The van der Waals surface area contributed by atoms with E-state index in [0.717, 1.165) is 19.3 Å². The minimum absolute atomic E-state index is 0.146. The van der Waals surface area contributed by atoms with Gasteiger partial charge in [-0.2, -0.15) is 0 Å². The highest BCUT2D eigenvalue weighted by atomic mass is 32.2. The lowest BCUT2D eigenvalue weighted by molar-refractivity contribution is -0.139. The molecule has 1 saturated carbocycles. The molecule has 1 heterocycles. The zero-order valence-electron chi connectivity index (χ0n) is 8.81. The predicted octanol–water partition coefficient (Wildman–Crippen LogP) is 0.349. The Balaban J connectivity index is 2.10. The zero-order chi connectivity index (χ0) is 11.0. The molecule has 5 heteroatoms. The third-order valence-electron chi connectivity index (χ3n) is 3.29. The molecule has 0 aromatic carbocycles. The van der Waals surface area contributed by atoms with E-state index in [0.29, 0.717) is 5.92 Å². The first kappa shape index (κ1) is 11.1. The fourth-order valence-electron chi connectivity index (χ4n) is 2.32. The first-order valence-corrected chi connectivity index (χ1v) is 6.87. The summed E-state index contributed by atoms with van der Waals surface area (Å²) in [6.07, 6.45) is 3.17. The van der Waals surface area contributed by atoms with Crippen molar-refractivity contribution in [1.82, 2.24) is 5.32 Å². The molecule has 1 aliphatic heterocycles. The fourth-order valence-corrected chi connectivity index (χ4v) is 4.13. The lowest BCUT2D eigenvalue weighted by atomic mass is 10.0. The van der Waals surface area contributed by atoms with Crippen molar-refractivity contribution in [2.24, 2.45) is 5.92 Å². The van der Waals surface area contributed by atoms with Crippen molar-refractivity contribution < 1.29 is 14.1 Å². The zero-order valence-corrected chi connectivity index (χ0v) is 9.63. The van der Waals surface area contributed by atoms with E-state index in [1.807, 2.05) is 6.92 Å². The summed E-state index contributed by atoms with van der Waals surface area (Å²) < 4.78 is 11.9. The molecule has 86 valence electrons. The van der Waals surface area contributed by atoms with Crippen LogP contribution in [-0.2, 0) is 15.6 Å². The number of nitrogens with one attached hydrogen (secondary N) is 1. The van der Waals surface area contributed by atoms with Crippen LogP contribution >= 0.6 is 0 Å². The summed E-state index contributed by atoms with van der Waals surface area (Å²) in [5.74, 6) is -0.0542. The van der Waals surface area contributed by atoms with Gasteiger partial charge in [-0.1, -0.05) is 6.92 Å². The van der Waals surface area contributed by atoms with E-state index in [1.54, 1.807) is 0 Å². The SMILES string of the molecule is CCC1C(C2CC2)NC(C(=O)O)CS1=O. The van der Waals surface area contributed by atoms with Crippen molar-refractivity contribution in [2.45, 2.75) is 43.5 Å². The second-order valence-corrected chi connectivity index (χ2v) is 6.12. The summed E-state index contributed by atoms with van der Waals surface area (Å²) in [4.78, 5) is 10.9. The highest BCUT2D eigenvalue weighted by molar-refractivity contribution is 7.85. The van der Waals surface area contributed by atoms with Crippen LogP contribution < -0.4 is 5.32 Å². The van der Waals surface area contributed by atoms with Gasteiger partial charge >= 0.3 is 5.97 Å². The largest absolute Gasteiger partial charge is 0.480 e. The van der Waals surface area contributed by atoms with Crippen LogP contribution in [0.2, 0.25) is 0 Å². The van der Waals surface area contributed by atoms with Gasteiger partial charge in [0.05, 0.1) is 5.25 Å². The van der Waals surface area contributed by atoms with Gasteiger partial charge in [0.2, 0.25) is 0 Å². The number of hydrogen-bond acceptors (Lipinski definition) is 3. The molecule has 1 aliphatic carbocycles. The van der Waals surface area contributed by atoms with E-state index in [1.165, 1.54) is 0 Å². The Morgan fingerprint density at radius 2 is 2.20 bits per heavy atom. The number of carboxylic acid groups (broad SMARTS) is 1. The second kappa shape index (κ2) is 4.22. The summed E-state index contributed by atoms with van der Waals surface area (Å²) in [7, 11) is -0.983. The number of aliphatic carboxylic acids is 1. The molecule has 0 aromatic rings. The minimum atomic E-state index is -0.983. The molecule has 2 rings (SSSR count). The molecule has 2 aliphatic rings. The average molecular weight is 231 g/mol. The third kappa shape index (κ3) is 2.23. The topological polar surface area (TPSA) is 66.4 Å². The van der Waals surface area contributed by atoms with E-state index < -0.39 is 22.8 Å². The molecule has 4 nitrogen and oxygen atoms in total. The number of hydrogen-bond donors (Lipinski definition) is 2. The molecule has 2 fully saturated rings. The maximum Gasteiger partial charge on any atom is 0.321 e. The van der Waals surface area contributed by atoms with E-state index in [9.17, 15) is 9.00 Å². The molecular weight excluding hydrogens is 214 g/mol. The Morgan fingerprint density at radius 3 is 2.67 bits per heavy atom. The van der Waals surface area contributed by atoms with Gasteiger partial charge in [-0.15, -0.1) is 0 Å². The summed E-state index contributed by atoms with van der Waals surface area (Å²) in [6, 6.07) is -0.454. The quantitative estimate of drug-likeness (QED) is 0.735. The van der Waals surface area contributed by atoms with Gasteiger partial charge in [0.1, 0.15) is 6.04 Å². The van der Waals surface area contributed by atoms with Crippen LogP contribution in [0.4, 0.5) is 0 Å². The van der Waals surface area contributed by atoms with Crippen molar-refractivity contribution in [3.63, 3.8) is 0 Å². The van der Waals surface area contributed by atoms with Gasteiger partial charge < -0.3 is 5.11 Å². The van der Waals surface area contributed by atoms with E-state index >= 15 is 0 Å². The van der Waals surface area contributed by atoms with Crippen LogP contribution in [0, 0.1) is 5.92 Å². The summed E-state index contributed by atoms with van der Waals surface area (Å²) in [5.41, 5.74) is 0. The fraction of sp³-hybridized carbons (Fsp3) is 0.900. The molecule has 0 radical (unpaired) electrons. The molecule has 15 heavy (non-hydrogen) atoms. The Kier molecular flexibility index (Phi) is 3.11. The molecule has 0 amide bonds. The average Bonchev–Trinajstić information content (AvgIpc) is 2.99. The lowest BCUT2D eigenvalue weighted by Gasteiger charge is -2.35. The van der Waals surface area contributed by atoms with Crippen LogP contribution in [0.1, 0.15) is 26.2 Å². The first-order valence-electron chi connectivity index (χ1n) is 5.49. The van der Waals surface area contributed by atoms with Gasteiger partial charge in [0.25, 0.3) is 0 Å². The minimum Gasteiger partial charge on any atom is -0.480 e. The van der Waals surface area contributed by atoms with Crippen molar-refractivity contribution in [3.05, 3.63) is 0 Å². The highest BCUT2D eigenvalue weighted by Crippen LogP contribution is 2.37. The molecule has 0 spiro atoms. The molecule has 0 bridgehead atoms. The third-order valence-corrected chi connectivity index (χ3v) is 5.26. The summed E-state index contributed by atoms with van der Waals surface area (Å²) in [6.45, 7) is 2.03. The van der Waals surface area contributed by atoms with E-state index in [4.69, 9.17) is 5.11 Å². The molecule has 4 atom stereocenters. The van der Waals surface area contributed by atoms with Crippen LogP contribution in [0.25, 0.3) is 0 Å². The number of carboxylic acids is 1. The standard InChI is InChI=1S/C10H17NO3S/c1-2-8-9(6-3-4-6)11-7(10(12)13)5-15(8)14/h6-9,11H,2-5H2,1H3,(H,12,13). The smallest absolute Gasteiger partial charge is 0.321 e. The molecule has 4 unspecified atom stereocenters. The Morgan fingerprint density at radius 1 is 1.53 bits per heavy atom. The summed E-state index contributed by atoms with van der Waals surface area (Å²) >= 11 is 0. The van der Waals surface area contributed by atoms with Crippen LogP contribution in [-0.4, -0.2) is 38.4 Å². The van der Waals surface area contributed by atoms with Gasteiger partial charge in [-0.3, -0.25) is 14.3 Å². The van der Waals surface area contributed by atoms with Crippen molar-refractivity contribution >= 4 is 16.8 Å². The number of carbonyl (C=O) groups is 1. The Bertz CT molecular complexity index is 290. The van der Waals surface area contributed by atoms with Crippen LogP contribution in [0.3, 0.4) is 0 Å². The van der Waals surface area contributed by atoms with Gasteiger partial charge in [-0.05, 0) is 25.2 Å². The maximum atomic E-state index is 11.9. The van der Waals surface area contributed by atoms with Crippen molar-refractivity contribution in [3.8, 4) is 0 Å². The van der Waals surface area contributed by atoms with Gasteiger partial charge in [-0.25, -0.2) is 0 Å². The molecule has 2 N–H and O–H groups in total. The monoisotopic (exact) mass is 231 g/mol. The van der Waals surface area contributed by atoms with Crippen molar-refractivity contribution in [2.75, 3.05) is 5.75 Å². The number of rotatable bonds is 3. The maximum absolute atomic E-state index is 11.9. The van der Waals surface area contributed by atoms with E-state index in [2.05, 4.69) is 5.32 Å². The second-order valence-electron chi connectivity index (χ2n) is 4.41. The molecule has 0 aromatic heterocycles. The summed E-state index contributed by atoms with van der Waals surface area (Å²) in [5, 5.41) is 12.2. The van der Waals surface area contributed by atoms with Crippen LogP contribution in [0.5, 0.6) is 0 Å². The van der Waals surface area contributed by atoms with Crippen LogP contribution in [0.15, 0.2) is 0 Å².